The molecule has 26 heavy (non-hydrogen) atoms. The lowest BCUT2D eigenvalue weighted by Crippen LogP contribution is -2.32. The average Bonchev–Trinajstić information content (AvgIpc) is 3.38. The van der Waals surface area contributed by atoms with Crippen LogP contribution < -0.4 is 0 Å². The van der Waals surface area contributed by atoms with Crippen LogP contribution in [0.4, 0.5) is 4.39 Å². The van der Waals surface area contributed by atoms with Gasteiger partial charge in [-0.1, -0.05) is 46.6 Å². The molecular formula is C23H40FNS. The summed E-state index contributed by atoms with van der Waals surface area (Å²) in [5, 5.41) is 0. The largest absolute Gasteiger partial charge is 0.273 e. The molecular weight excluding hydrogens is 341 g/mol. The van der Waals surface area contributed by atoms with Gasteiger partial charge in [0.15, 0.2) is 6.30 Å². The number of likely N-dealkylation sites (N-methyl/N-ethyl adjacent to an activating group) is 1. The predicted molar refractivity (Wildman–Crippen MR) is 115 cm³/mol. The molecule has 1 aliphatic heterocycles. The number of halogens is 1. The van der Waals surface area contributed by atoms with Gasteiger partial charge in [0.1, 0.15) is 0 Å². The third kappa shape index (κ3) is 7.38. The summed E-state index contributed by atoms with van der Waals surface area (Å²) in [6.07, 6.45) is 9.65. The summed E-state index contributed by atoms with van der Waals surface area (Å²) < 4.78 is 15.6. The Morgan fingerprint density at radius 3 is 2.54 bits per heavy atom. The molecule has 0 amide bonds. The molecule has 3 heteroatoms. The SMILES string of the molecule is C=C1CCCCCS/C(CC(C)CCC(C)C)=C\1C(F)N(C)CC1CC1. The molecule has 1 saturated carbocycles. The maximum atomic E-state index is 15.6. The zero-order valence-electron chi connectivity index (χ0n) is 17.5. The minimum atomic E-state index is -0.985. The average molecular weight is 382 g/mol. The first-order valence-corrected chi connectivity index (χ1v) is 11.7. The summed E-state index contributed by atoms with van der Waals surface area (Å²) in [7, 11) is 1.96. The minimum Gasteiger partial charge on any atom is -0.273 e. The normalized spacial score (nSPS) is 25.1. The van der Waals surface area contributed by atoms with Crippen LogP contribution in [0.3, 0.4) is 0 Å². The molecule has 1 aliphatic carbocycles. The second-order valence-electron chi connectivity index (χ2n) is 9.10. The molecule has 0 spiro atoms. The van der Waals surface area contributed by atoms with Gasteiger partial charge < -0.3 is 0 Å². The summed E-state index contributed by atoms with van der Waals surface area (Å²) in [5.41, 5.74) is 2.00. The van der Waals surface area contributed by atoms with Crippen molar-refractivity contribution < 1.29 is 4.39 Å². The molecule has 1 heterocycles. The Kier molecular flexibility index (Phi) is 9.23. The van der Waals surface area contributed by atoms with Crippen LogP contribution in [-0.4, -0.2) is 30.5 Å². The lowest BCUT2D eigenvalue weighted by molar-refractivity contribution is 0.138. The van der Waals surface area contributed by atoms with Crippen LogP contribution in [-0.2, 0) is 0 Å². The van der Waals surface area contributed by atoms with E-state index >= 15 is 4.39 Å². The minimum absolute atomic E-state index is 0.615. The molecule has 2 aliphatic rings. The maximum absolute atomic E-state index is 15.6. The van der Waals surface area contributed by atoms with E-state index < -0.39 is 6.30 Å². The van der Waals surface area contributed by atoms with E-state index in [0.717, 1.165) is 48.6 Å². The number of alkyl halides is 1. The topological polar surface area (TPSA) is 3.24 Å². The Hall–Kier alpha value is -0.280. The van der Waals surface area contributed by atoms with Crippen molar-refractivity contribution >= 4 is 11.8 Å². The molecule has 2 rings (SSSR count). The Morgan fingerprint density at radius 2 is 1.88 bits per heavy atom. The van der Waals surface area contributed by atoms with Crippen molar-refractivity contribution in [2.24, 2.45) is 17.8 Å². The summed E-state index contributed by atoms with van der Waals surface area (Å²) in [6.45, 7) is 12.1. The van der Waals surface area contributed by atoms with Gasteiger partial charge in [0.2, 0.25) is 0 Å². The van der Waals surface area contributed by atoms with Crippen molar-refractivity contribution in [3.8, 4) is 0 Å². The third-order valence-corrected chi connectivity index (χ3v) is 6.95. The highest BCUT2D eigenvalue weighted by Crippen LogP contribution is 2.39. The first-order valence-electron chi connectivity index (χ1n) is 10.8. The first kappa shape index (κ1) is 22.0. The lowest BCUT2D eigenvalue weighted by atomic mass is 9.93. The first-order chi connectivity index (χ1) is 12.4. The summed E-state index contributed by atoms with van der Waals surface area (Å²) in [4.78, 5) is 3.23. The summed E-state index contributed by atoms with van der Waals surface area (Å²) >= 11 is 1.92. The Bertz CT molecular complexity index is 481. The molecule has 2 atom stereocenters. The molecule has 1 fully saturated rings. The number of hydrogen-bond donors (Lipinski definition) is 0. The van der Waals surface area contributed by atoms with Gasteiger partial charge in [0.05, 0.1) is 0 Å². The highest BCUT2D eigenvalue weighted by Gasteiger charge is 2.30. The van der Waals surface area contributed by atoms with Gasteiger partial charge in [-0.3, -0.25) is 4.90 Å². The van der Waals surface area contributed by atoms with Gasteiger partial charge in [-0.05, 0) is 79.6 Å². The predicted octanol–water partition coefficient (Wildman–Crippen LogP) is 7.20. The molecule has 0 bridgehead atoms. The molecule has 0 aromatic rings. The van der Waals surface area contributed by atoms with Crippen molar-refractivity contribution in [3.63, 3.8) is 0 Å². The number of allylic oxidation sites excluding steroid dienone is 1. The standard InChI is InChI=1S/C23H40FNS/c1-17(2)10-11-18(3)15-21-22(19(4)9-7-6-8-14-26-21)23(24)25(5)16-20-12-13-20/h17-18,20,23H,4,6-16H2,1-3,5H3/b22-21+. The van der Waals surface area contributed by atoms with E-state index in [2.05, 4.69) is 27.4 Å². The number of hydrogen-bond acceptors (Lipinski definition) is 2. The van der Waals surface area contributed by atoms with Crippen LogP contribution in [0.1, 0.15) is 78.6 Å². The molecule has 1 nitrogen and oxygen atoms in total. The molecule has 150 valence electrons. The van der Waals surface area contributed by atoms with Gasteiger partial charge in [-0.2, -0.15) is 0 Å². The second kappa shape index (κ2) is 10.9. The van der Waals surface area contributed by atoms with Crippen molar-refractivity contribution in [1.29, 1.82) is 0 Å². The van der Waals surface area contributed by atoms with Crippen LogP contribution in [0.15, 0.2) is 22.6 Å². The maximum Gasteiger partial charge on any atom is 0.180 e. The van der Waals surface area contributed by atoms with Gasteiger partial charge in [0, 0.05) is 12.1 Å². The molecule has 0 radical (unpaired) electrons. The third-order valence-electron chi connectivity index (χ3n) is 5.72. The van der Waals surface area contributed by atoms with Gasteiger partial charge in [0.25, 0.3) is 0 Å². The molecule has 0 aromatic carbocycles. The molecule has 0 N–H and O–H groups in total. The van der Waals surface area contributed by atoms with Gasteiger partial charge in [-0.15, -0.1) is 11.8 Å². The van der Waals surface area contributed by atoms with E-state index in [1.165, 1.54) is 43.4 Å². The van der Waals surface area contributed by atoms with Crippen LogP contribution in [0.2, 0.25) is 0 Å². The lowest BCUT2D eigenvalue weighted by Gasteiger charge is -2.28. The summed E-state index contributed by atoms with van der Waals surface area (Å²) in [6, 6.07) is 0. The van der Waals surface area contributed by atoms with Gasteiger partial charge >= 0.3 is 0 Å². The Morgan fingerprint density at radius 1 is 1.15 bits per heavy atom. The molecule has 2 unspecified atom stereocenters. The fraction of sp³-hybridized carbons (Fsp3) is 0.826. The van der Waals surface area contributed by atoms with E-state index in [1.54, 1.807) is 0 Å². The van der Waals surface area contributed by atoms with Crippen LogP contribution in [0, 0.1) is 17.8 Å². The van der Waals surface area contributed by atoms with Crippen molar-refractivity contribution in [2.75, 3.05) is 19.3 Å². The molecule has 0 aromatic heterocycles. The van der Waals surface area contributed by atoms with Crippen molar-refractivity contribution in [3.05, 3.63) is 22.6 Å². The second-order valence-corrected chi connectivity index (χ2v) is 10.3. The summed E-state index contributed by atoms with van der Waals surface area (Å²) in [5.74, 6) is 3.20. The highest BCUT2D eigenvalue weighted by atomic mass is 32.2. The van der Waals surface area contributed by atoms with E-state index in [-0.39, 0.29) is 0 Å². The number of rotatable bonds is 9. The van der Waals surface area contributed by atoms with Crippen LogP contribution >= 0.6 is 11.8 Å². The number of nitrogens with zero attached hydrogens (tertiary/aromatic N) is 1. The highest BCUT2D eigenvalue weighted by molar-refractivity contribution is 8.03. The zero-order chi connectivity index (χ0) is 19.1. The van der Waals surface area contributed by atoms with E-state index in [1.807, 2.05) is 23.7 Å². The quantitative estimate of drug-likeness (QED) is 0.388. The number of thioether (sulfide) groups is 1. The Labute approximate surface area is 165 Å². The van der Waals surface area contributed by atoms with Crippen LogP contribution in [0.5, 0.6) is 0 Å². The zero-order valence-corrected chi connectivity index (χ0v) is 18.3. The van der Waals surface area contributed by atoms with Crippen molar-refractivity contribution in [2.45, 2.75) is 84.9 Å². The Balaban J connectivity index is 2.17. The van der Waals surface area contributed by atoms with E-state index in [4.69, 9.17) is 0 Å². The monoisotopic (exact) mass is 381 g/mol. The van der Waals surface area contributed by atoms with E-state index in [9.17, 15) is 0 Å². The smallest absolute Gasteiger partial charge is 0.180 e. The molecule has 0 saturated heterocycles. The fourth-order valence-corrected chi connectivity index (χ4v) is 5.14. The van der Waals surface area contributed by atoms with Crippen molar-refractivity contribution in [1.82, 2.24) is 4.90 Å². The fourth-order valence-electron chi connectivity index (χ4n) is 3.75. The van der Waals surface area contributed by atoms with Gasteiger partial charge in [-0.25, -0.2) is 4.39 Å². The van der Waals surface area contributed by atoms with Crippen LogP contribution in [0.25, 0.3) is 0 Å². The van der Waals surface area contributed by atoms with E-state index in [0.29, 0.717) is 11.8 Å².